The van der Waals surface area contributed by atoms with Gasteiger partial charge in [-0.3, -0.25) is 10.1 Å². The van der Waals surface area contributed by atoms with Gasteiger partial charge in [0.25, 0.3) is 5.24 Å². The van der Waals surface area contributed by atoms with E-state index in [-0.39, 0.29) is 11.3 Å². The fraction of sp³-hybridized carbons (Fsp3) is 0.267. The molecule has 1 spiro atoms. The molecule has 2 atom stereocenters. The maximum atomic E-state index is 13.0. The van der Waals surface area contributed by atoms with E-state index >= 15 is 0 Å². The number of benzene rings is 3. The Labute approximate surface area is 240 Å². The first-order valence-corrected chi connectivity index (χ1v) is 14.4. The molecule has 0 radical (unpaired) electrons. The van der Waals surface area contributed by atoms with Crippen LogP contribution in [0.1, 0.15) is 43.0 Å². The van der Waals surface area contributed by atoms with Crippen molar-refractivity contribution in [3.63, 3.8) is 0 Å². The van der Waals surface area contributed by atoms with Gasteiger partial charge in [0.15, 0.2) is 11.5 Å². The van der Waals surface area contributed by atoms with Crippen LogP contribution < -0.4 is 19.5 Å². The zero-order valence-electron chi connectivity index (χ0n) is 21.8. The number of hydrazone groups is 1. The summed E-state index contributed by atoms with van der Waals surface area (Å²) in [5.41, 5.74) is 3.86. The van der Waals surface area contributed by atoms with Gasteiger partial charge in [-0.15, -0.1) is 0 Å². The van der Waals surface area contributed by atoms with E-state index in [0.717, 1.165) is 38.6 Å². The molecule has 0 saturated carbocycles. The molecule has 3 aromatic carbocycles. The third kappa shape index (κ3) is 4.78. The minimum Gasteiger partial charge on any atom is -0.493 e. The van der Waals surface area contributed by atoms with Crippen LogP contribution in [0.4, 0.5) is 4.79 Å². The van der Waals surface area contributed by atoms with E-state index in [2.05, 4.69) is 53.3 Å². The van der Waals surface area contributed by atoms with E-state index in [1.54, 1.807) is 7.11 Å². The maximum absolute atomic E-state index is 13.0. The molecule has 3 aliphatic rings. The van der Waals surface area contributed by atoms with Gasteiger partial charge in [0.05, 0.1) is 30.4 Å². The van der Waals surface area contributed by atoms with E-state index in [4.69, 9.17) is 19.3 Å². The number of carbonyl (C=O) groups is 1. The molecule has 39 heavy (non-hydrogen) atoms. The Bertz CT molecular complexity index is 1490. The van der Waals surface area contributed by atoms with Crippen LogP contribution in [0.5, 0.6) is 17.2 Å². The quantitative estimate of drug-likeness (QED) is 0.321. The van der Waals surface area contributed by atoms with Crippen LogP contribution in [0.3, 0.4) is 0 Å². The zero-order valence-corrected chi connectivity index (χ0v) is 24.2. The van der Waals surface area contributed by atoms with Gasteiger partial charge in [0, 0.05) is 16.5 Å². The Morgan fingerprint density at radius 3 is 2.77 bits per heavy atom. The highest BCUT2D eigenvalue weighted by Gasteiger charge is 2.58. The van der Waals surface area contributed by atoms with Gasteiger partial charge in [-0.05, 0) is 65.2 Å². The predicted octanol–water partition coefficient (Wildman–Crippen LogP) is 7.19. The minimum absolute atomic E-state index is 0.120. The van der Waals surface area contributed by atoms with Crippen molar-refractivity contribution in [2.75, 3.05) is 13.7 Å². The standard InChI is InChI=1S/C30H28BrN3O4S/c1-18(2)17-37-26-11-9-19(13-27(26)36-3)14-28-30(32-29(35)39-28)34-24(22-15-21(31)10-12-25(22)38-30)16-23(33-34)20-7-5-4-6-8-20/h4-15,18,24H,16-17H2,1-3H3,(H,32,35)/b28-14-. The van der Waals surface area contributed by atoms with Crippen LogP contribution in [0.15, 0.2) is 81.2 Å². The molecule has 3 aromatic rings. The van der Waals surface area contributed by atoms with Crippen molar-refractivity contribution in [1.82, 2.24) is 10.3 Å². The lowest BCUT2D eigenvalue weighted by atomic mass is 9.95. The summed E-state index contributed by atoms with van der Waals surface area (Å²) < 4.78 is 19.2. The molecule has 9 heteroatoms. The number of methoxy groups -OCH3 is 1. The van der Waals surface area contributed by atoms with Gasteiger partial charge in [-0.1, -0.05) is 66.2 Å². The first kappa shape index (κ1) is 25.8. The molecule has 3 aliphatic heterocycles. The lowest BCUT2D eigenvalue weighted by Crippen LogP contribution is -2.61. The van der Waals surface area contributed by atoms with Gasteiger partial charge >= 0.3 is 5.85 Å². The van der Waals surface area contributed by atoms with E-state index in [1.807, 2.05) is 59.6 Å². The fourth-order valence-corrected chi connectivity index (χ4v) is 6.28. The predicted molar refractivity (Wildman–Crippen MR) is 157 cm³/mol. The third-order valence-corrected chi connectivity index (χ3v) is 8.19. The summed E-state index contributed by atoms with van der Waals surface area (Å²) >= 11 is 4.72. The highest BCUT2D eigenvalue weighted by Crippen LogP contribution is 2.53. The van der Waals surface area contributed by atoms with Crippen molar-refractivity contribution >= 4 is 44.7 Å². The van der Waals surface area contributed by atoms with Gasteiger partial charge < -0.3 is 14.2 Å². The van der Waals surface area contributed by atoms with Crippen molar-refractivity contribution in [1.29, 1.82) is 0 Å². The van der Waals surface area contributed by atoms with Crippen LogP contribution in [-0.2, 0) is 0 Å². The fourth-order valence-electron chi connectivity index (χ4n) is 5.00. The number of nitrogens with zero attached hydrogens (tertiary/aromatic N) is 2. The topological polar surface area (TPSA) is 72.4 Å². The lowest BCUT2D eigenvalue weighted by Gasteiger charge is -2.45. The molecule has 6 rings (SSSR count). The molecule has 0 bridgehead atoms. The Hall–Kier alpha value is -3.43. The molecule has 0 aromatic heterocycles. The number of carbonyl (C=O) groups excluding carboxylic acids is 1. The lowest BCUT2D eigenvalue weighted by molar-refractivity contribution is -0.0949. The molecule has 200 valence electrons. The first-order valence-electron chi connectivity index (χ1n) is 12.8. The Balaban J connectivity index is 1.44. The second-order valence-electron chi connectivity index (χ2n) is 10.0. The molecule has 1 amide bonds. The number of halogens is 1. The number of hydrogen-bond donors (Lipinski definition) is 1. The number of ether oxygens (including phenoxy) is 3. The normalized spacial score (nSPS) is 22.4. The molecule has 7 nitrogen and oxygen atoms in total. The van der Waals surface area contributed by atoms with Crippen LogP contribution in [0.2, 0.25) is 0 Å². The van der Waals surface area contributed by atoms with Crippen LogP contribution in [0, 0.1) is 5.92 Å². The van der Waals surface area contributed by atoms with Crippen molar-refractivity contribution < 1.29 is 19.0 Å². The molecular formula is C30H28BrN3O4S. The number of thioether (sulfide) groups is 1. The SMILES string of the molecule is COc1cc(/C=C2\SC(=O)NC23Oc2ccc(Br)cc2C2CC(c4ccccc4)=NN23)ccc1OCC(C)C. The van der Waals surface area contributed by atoms with Crippen molar-refractivity contribution in [2.24, 2.45) is 11.0 Å². The van der Waals surface area contributed by atoms with Crippen molar-refractivity contribution in [3.05, 3.63) is 92.8 Å². The highest BCUT2D eigenvalue weighted by molar-refractivity contribution is 9.10. The second kappa shape index (κ2) is 10.3. The molecule has 3 heterocycles. The largest absolute Gasteiger partial charge is 0.493 e. The maximum Gasteiger partial charge on any atom is 0.314 e. The average Bonchev–Trinajstić information content (AvgIpc) is 3.51. The summed E-state index contributed by atoms with van der Waals surface area (Å²) in [7, 11) is 1.62. The van der Waals surface area contributed by atoms with Crippen LogP contribution in [-0.4, -0.2) is 35.5 Å². The van der Waals surface area contributed by atoms with Crippen molar-refractivity contribution in [2.45, 2.75) is 32.2 Å². The summed E-state index contributed by atoms with van der Waals surface area (Å²) in [6.07, 6.45) is 2.64. The third-order valence-electron chi connectivity index (χ3n) is 6.79. The van der Waals surface area contributed by atoms with Gasteiger partial charge in [-0.25, -0.2) is 5.01 Å². The number of nitrogens with one attached hydrogen (secondary N) is 1. The summed E-state index contributed by atoms with van der Waals surface area (Å²) in [6, 6.07) is 21.7. The number of fused-ring (bicyclic) bond motifs is 4. The van der Waals surface area contributed by atoms with E-state index in [9.17, 15) is 4.79 Å². The van der Waals surface area contributed by atoms with E-state index in [1.165, 1.54) is 0 Å². The summed E-state index contributed by atoms with van der Waals surface area (Å²) in [6.45, 7) is 4.80. The summed E-state index contributed by atoms with van der Waals surface area (Å²) in [5.74, 6) is 1.15. The zero-order chi connectivity index (χ0) is 27.1. The van der Waals surface area contributed by atoms with Gasteiger partial charge in [-0.2, -0.15) is 5.10 Å². The molecular weight excluding hydrogens is 578 g/mol. The monoisotopic (exact) mass is 605 g/mol. The Kier molecular flexibility index (Phi) is 6.81. The number of amides is 1. The molecule has 1 fully saturated rings. The van der Waals surface area contributed by atoms with E-state index < -0.39 is 5.85 Å². The molecule has 2 unspecified atom stereocenters. The van der Waals surface area contributed by atoms with Crippen molar-refractivity contribution in [3.8, 4) is 17.2 Å². The summed E-state index contributed by atoms with van der Waals surface area (Å²) in [5, 5.41) is 9.86. The molecule has 1 N–H and O–H groups in total. The molecule has 1 saturated heterocycles. The summed E-state index contributed by atoms with van der Waals surface area (Å²) in [4.78, 5) is 13.6. The Morgan fingerprint density at radius 1 is 1.18 bits per heavy atom. The van der Waals surface area contributed by atoms with Gasteiger partial charge in [0.2, 0.25) is 0 Å². The van der Waals surface area contributed by atoms with Crippen LogP contribution in [0.25, 0.3) is 6.08 Å². The smallest absolute Gasteiger partial charge is 0.314 e. The second-order valence-corrected chi connectivity index (χ2v) is 12.0. The minimum atomic E-state index is -1.27. The Morgan fingerprint density at radius 2 is 2.00 bits per heavy atom. The van der Waals surface area contributed by atoms with Crippen LogP contribution >= 0.6 is 27.7 Å². The average molecular weight is 607 g/mol. The number of hydrogen-bond acceptors (Lipinski definition) is 7. The van der Waals surface area contributed by atoms with E-state index in [0.29, 0.717) is 41.1 Å². The highest BCUT2D eigenvalue weighted by atomic mass is 79.9. The number of rotatable bonds is 6. The molecule has 0 aliphatic carbocycles. The van der Waals surface area contributed by atoms with Gasteiger partial charge in [0.1, 0.15) is 5.75 Å². The first-order chi connectivity index (χ1) is 18.9.